The van der Waals surface area contributed by atoms with Crippen molar-refractivity contribution >= 4 is 11.9 Å². The molecule has 2 atom stereocenters. The van der Waals surface area contributed by atoms with Crippen LogP contribution in [0.3, 0.4) is 0 Å². The molecule has 0 saturated heterocycles. The molecule has 0 bridgehead atoms. The van der Waals surface area contributed by atoms with Crippen LogP contribution in [-0.4, -0.2) is 75.1 Å². The Morgan fingerprint density at radius 3 is 2.03 bits per heavy atom. The summed E-state index contributed by atoms with van der Waals surface area (Å²) in [6, 6.07) is 0.205. The highest BCUT2D eigenvalue weighted by molar-refractivity contribution is 5.69. The molecule has 0 saturated carbocycles. The van der Waals surface area contributed by atoms with Gasteiger partial charge in [0.1, 0.15) is 6.61 Å². The predicted molar refractivity (Wildman–Crippen MR) is 151 cm³/mol. The second-order valence-electron chi connectivity index (χ2n) is 10.4. The SMILES string of the molecule is CCCCCCCCC=CCOC(=O)CCCCCOCC(COCCCCCC(C)C(=O)O)N(C)C. The van der Waals surface area contributed by atoms with Crippen LogP contribution in [-0.2, 0) is 23.8 Å². The third kappa shape index (κ3) is 24.6. The predicted octanol–water partition coefficient (Wildman–Crippen LogP) is 6.64. The van der Waals surface area contributed by atoms with Crippen molar-refractivity contribution in [2.24, 2.45) is 5.92 Å². The van der Waals surface area contributed by atoms with Gasteiger partial charge in [0.15, 0.2) is 0 Å². The Morgan fingerprint density at radius 1 is 0.811 bits per heavy atom. The van der Waals surface area contributed by atoms with E-state index in [-0.39, 0.29) is 17.9 Å². The molecule has 0 heterocycles. The molecule has 0 radical (unpaired) electrons. The van der Waals surface area contributed by atoms with Crippen LogP contribution in [0.2, 0.25) is 0 Å². The fourth-order valence-corrected chi connectivity index (χ4v) is 3.83. The number of nitrogens with zero attached hydrogens (tertiary/aromatic N) is 1. The summed E-state index contributed by atoms with van der Waals surface area (Å²) in [5, 5.41) is 8.90. The first-order valence-electron chi connectivity index (χ1n) is 14.7. The largest absolute Gasteiger partial charge is 0.481 e. The van der Waals surface area contributed by atoms with E-state index >= 15 is 0 Å². The minimum Gasteiger partial charge on any atom is -0.481 e. The zero-order valence-corrected chi connectivity index (χ0v) is 24.4. The molecule has 0 aromatic heterocycles. The number of allylic oxidation sites excluding steroid dienone is 1. The third-order valence-electron chi connectivity index (χ3n) is 6.60. The Labute approximate surface area is 227 Å². The number of carbonyl (C=O) groups is 2. The van der Waals surface area contributed by atoms with Gasteiger partial charge in [-0.05, 0) is 52.6 Å². The van der Waals surface area contributed by atoms with E-state index in [9.17, 15) is 9.59 Å². The maximum absolute atomic E-state index is 11.8. The van der Waals surface area contributed by atoms with Crippen molar-refractivity contribution in [3.8, 4) is 0 Å². The average Bonchev–Trinajstić information content (AvgIpc) is 2.86. The Kier molecular flexibility index (Phi) is 25.2. The van der Waals surface area contributed by atoms with Crippen molar-refractivity contribution in [3.63, 3.8) is 0 Å². The zero-order valence-electron chi connectivity index (χ0n) is 24.4. The van der Waals surface area contributed by atoms with Crippen LogP contribution in [0.15, 0.2) is 12.2 Å². The minimum atomic E-state index is -0.718. The summed E-state index contributed by atoms with van der Waals surface area (Å²) in [6.07, 6.45) is 19.7. The Bertz CT molecular complexity index is 566. The van der Waals surface area contributed by atoms with Crippen molar-refractivity contribution < 1.29 is 28.9 Å². The summed E-state index contributed by atoms with van der Waals surface area (Å²) in [5.41, 5.74) is 0. The van der Waals surface area contributed by atoms with E-state index in [1.54, 1.807) is 6.92 Å². The molecule has 7 nitrogen and oxygen atoms in total. The van der Waals surface area contributed by atoms with Crippen molar-refractivity contribution in [1.82, 2.24) is 4.90 Å². The lowest BCUT2D eigenvalue weighted by molar-refractivity contribution is -0.143. The Hall–Kier alpha value is -1.44. The summed E-state index contributed by atoms with van der Waals surface area (Å²) >= 11 is 0. The number of carboxylic acids is 1. The normalized spacial score (nSPS) is 13.3. The first-order valence-corrected chi connectivity index (χ1v) is 14.7. The highest BCUT2D eigenvalue weighted by atomic mass is 16.5. The van der Waals surface area contributed by atoms with Gasteiger partial charge in [0.2, 0.25) is 0 Å². The molecule has 0 spiro atoms. The van der Waals surface area contributed by atoms with Crippen LogP contribution in [0.1, 0.15) is 110 Å². The van der Waals surface area contributed by atoms with Gasteiger partial charge < -0.3 is 24.2 Å². The van der Waals surface area contributed by atoms with Crippen LogP contribution in [0.25, 0.3) is 0 Å². The van der Waals surface area contributed by atoms with Gasteiger partial charge in [0, 0.05) is 19.6 Å². The number of hydrogen-bond donors (Lipinski definition) is 1. The monoisotopic (exact) mass is 527 g/mol. The second kappa shape index (κ2) is 26.2. The fourth-order valence-electron chi connectivity index (χ4n) is 3.83. The van der Waals surface area contributed by atoms with Gasteiger partial charge in [0.25, 0.3) is 0 Å². The number of hydrogen-bond acceptors (Lipinski definition) is 6. The number of esters is 1. The van der Waals surface area contributed by atoms with Crippen LogP contribution < -0.4 is 0 Å². The van der Waals surface area contributed by atoms with Gasteiger partial charge in [-0.2, -0.15) is 0 Å². The number of carboxylic acid groups (broad SMARTS) is 1. The van der Waals surface area contributed by atoms with Gasteiger partial charge in [0.05, 0.1) is 25.2 Å². The van der Waals surface area contributed by atoms with Gasteiger partial charge in [-0.1, -0.05) is 77.4 Å². The molecule has 0 amide bonds. The van der Waals surface area contributed by atoms with Crippen LogP contribution in [0, 0.1) is 5.92 Å². The third-order valence-corrected chi connectivity index (χ3v) is 6.60. The van der Waals surface area contributed by atoms with Crippen LogP contribution in [0.4, 0.5) is 0 Å². The van der Waals surface area contributed by atoms with E-state index in [2.05, 4.69) is 17.9 Å². The van der Waals surface area contributed by atoms with Crippen molar-refractivity contribution in [1.29, 1.82) is 0 Å². The molecule has 0 aliphatic carbocycles. The van der Waals surface area contributed by atoms with Gasteiger partial charge in [-0.15, -0.1) is 0 Å². The van der Waals surface area contributed by atoms with Crippen molar-refractivity contribution in [2.75, 3.05) is 47.1 Å². The minimum absolute atomic E-state index is 0.119. The number of ether oxygens (including phenoxy) is 3. The molecule has 1 N–H and O–H groups in total. The topological polar surface area (TPSA) is 85.3 Å². The lowest BCUT2D eigenvalue weighted by atomic mass is 10.0. The zero-order chi connectivity index (χ0) is 27.6. The van der Waals surface area contributed by atoms with Crippen LogP contribution in [0.5, 0.6) is 0 Å². The molecule has 2 unspecified atom stereocenters. The Balaban J connectivity index is 3.60. The summed E-state index contributed by atoms with van der Waals surface area (Å²) in [5.74, 6) is -1.10. The Morgan fingerprint density at radius 2 is 1.41 bits per heavy atom. The molecule has 37 heavy (non-hydrogen) atoms. The number of aliphatic carboxylic acids is 1. The molecular weight excluding hydrogens is 470 g/mol. The summed E-state index contributed by atoms with van der Waals surface area (Å²) in [6.45, 7) is 7.00. The summed E-state index contributed by atoms with van der Waals surface area (Å²) in [4.78, 5) is 24.8. The van der Waals surface area contributed by atoms with Gasteiger partial charge in [-0.25, -0.2) is 0 Å². The quantitative estimate of drug-likeness (QED) is 0.0728. The number of carbonyl (C=O) groups excluding carboxylic acids is 1. The molecule has 0 aliphatic heterocycles. The molecule has 218 valence electrons. The molecule has 0 rings (SSSR count). The lowest BCUT2D eigenvalue weighted by Gasteiger charge is -2.24. The number of likely N-dealkylation sites (N-methyl/N-ethyl adjacent to an activating group) is 1. The molecule has 0 aromatic carbocycles. The summed E-state index contributed by atoms with van der Waals surface area (Å²) < 4.78 is 16.9. The lowest BCUT2D eigenvalue weighted by Crippen LogP contribution is -2.37. The second-order valence-corrected chi connectivity index (χ2v) is 10.4. The van der Waals surface area contributed by atoms with Gasteiger partial charge in [-0.3, -0.25) is 9.59 Å². The molecule has 7 heteroatoms. The van der Waals surface area contributed by atoms with E-state index in [0.29, 0.717) is 39.5 Å². The summed E-state index contributed by atoms with van der Waals surface area (Å²) in [7, 11) is 4.06. The molecule has 0 fully saturated rings. The smallest absolute Gasteiger partial charge is 0.306 e. The first kappa shape index (κ1) is 35.6. The number of rotatable bonds is 27. The standard InChI is InChI=1S/C30H57NO6/c1-5-6-7-8-9-10-11-12-19-24-37-29(32)21-16-14-18-23-36-26-28(31(3)4)25-35-22-17-13-15-20-27(2)30(33)34/h12,19,27-28H,5-11,13-18,20-26H2,1-4H3,(H,33,34). The molecular formula is C30H57NO6. The van der Waals surface area contributed by atoms with E-state index < -0.39 is 5.97 Å². The maximum atomic E-state index is 11.8. The number of unbranched alkanes of at least 4 members (excludes halogenated alkanes) is 10. The molecule has 0 aliphatic rings. The van der Waals surface area contributed by atoms with Crippen LogP contribution >= 0.6 is 0 Å². The average molecular weight is 528 g/mol. The molecule has 0 aromatic rings. The highest BCUT2D eigenvalue weighted by Gasteiger charge is 2.12. The maximum Gasteiger partial charge on any atom is 0.306 e. The van der Waals surface area contributed by atoms with Crippen molar-refractivity contribution in [2.45, 2.75) is 116 Å². The van der Waals surface area contributed by atoms with E-state index in [4.69, 9.17) is 19.3 Å². The van der Waals surface area contributed by atoms with Crippen molar-refractivity contribution in [3.05, 3.63) is 12.2 Å². The van der Waals surface area contributed by atoms with E-state index in [1.165, 1.54) is 38.5 Å². The van der Waals surface area contributed by atoms with E-state index in [1.807, 2.05) is 20.2 Å². The fraction of sp³-hybridized carbons (Fsp3) is 0.867. The highest BCUT2D eigenvalue weighted by Crippen LogP contribution is 2.10. The van der Waals surface area contributed by atoms with E-state index in [0.717, 1.165) is 51.4 Å². The van der Waals surface area contributed by atoms with Gasteiger partial charge >= 0.3 is 11.9 Å². The first-order chi connectivity index (χ1) is 17.9.